The number of fused-ring (bicyclic) bond motifs is 1. The van der Waals surface area contributed by atoms with Crippen molar-refractivity contribution in [2.45, 2.75) is 26.3 Å². The second-order valence-electron chi connectivity index (χ2n) is 7.30. The van der Waals surface area contributed by atoms with E-state index in [9.17, 15) is 0 Å². The second-order valence-corrected chi connectivity index (χ2v) is 7.66. The fourth-order valence-corrected chi connectivity index (χ4v) is 4.64. The van der Waals surface area contributed by atoms with E-state index in [0.717, 1.165) is 33.3 Å². The van der Waals surface area contributed by atoms with Crippen molar-refractivity contribution in [3.8, 4) is 0 Å². The van der Waals surface area contributed by atoms with Gasteiger partial charge in [-0.1, -0.05) is 116 Å². The molecule has 32 heavy (non-hydrogen) atoms. The Morgan fingerprint density at radius 3 is 1.56 bits per heavy atom. The number of aromatic nitrogens is 3. The van der Waals surface area contributed by atoms with Crippen molar-refractivity contribution in [3.63, 3.8) is 0 Å². The van der Waals surface area contributed by atoms with Gasteiger partial charge in [0.25, 0.3) is 0 Å². The largest absolute Gasteiger partial charge is 0.245 e. The number of hydrogen-bond acceptors (Lipinski definition) is 2. The summed E-state index contributed by atoms with van der Waals surface area (Å²) in [5.74, 6) is 0. The predicted molar refractivity (Wildman–Crippen MR) is 133 cm³/mol. The molecule has 4 heteroatoms. The summed E-state index contributed by atoms with van der Waals surface area (Å²) in [6, 6.07) is 33.5. The summed E-state index contributed by atoms with van der Waals surface area (Å²) in [5.41, 5.74) is 4.51. The predicted octanol–water partition coefficient (Wildman–Crippen LogP) is 7.26. The van der Waals surface area contributed by atoms with Crippen LogP contribution in [0.15, 0.2) is 103 Å². The fourth-order valence-electron chi connectivity index (χ4n) is 4.35. The summed E-state index contributed by atoms with van der Waals surface area (Å²) in [7, 11) is 0. The minimum absolute atomic E-state index is 0.472. The summed E-state index contributed by atoms with van der Waals surface area (Å²) >= 11 is 6.50. The van der Waals surface area contributed by atoms with E-state index in [1.165, 1.54) is 0 Å². The van der Waals surface area contributed by atoms with Crippen LogP contribution in [0.3, 0.4) is 0 Å². The summed E-state index contributed by atoms with van der Waals surface area (Å²) in [5, 5.41) is 6.40. The highest BCUT2D eigenvalue weighted by atomic mass is 35.5. The van der Waals surface area contributed by atoms with Crippen molar-refractivity contribution in [1.29, 1.82) is 0 Å². The Balaban J connectivity index is 0.00000119. The molecular formula is C28H26ClN3. The van der Waals surface area contributed by atoms with Crippen molar-refractivity contribution in [2.75, 3.05) is 0 Å². The molecule has 0 aliphatic carbocycles. The molecule has 0 radical (unpaired) electrons. The molecule has 0 saturated carbocycles. The van der Waals surface area contributed by atoms with Crippen LogP contribution >= 0.6 is 11.6 Å². The number of nitrogens with zero attached hydrogens (tertiary/aromatic N) is 3. The van der Waals surface area contributed by atoms with E-state index in [1.54, 1.807) is 6.20 Å². The molecule has 2 heterocycles. The number of benzene rings is 3. The molecule has 0 N–H and O–H groups in total. The lowest BCUT2D eigenvalue weighted by Crippen LogP contribution is -2.38. The molecule has 0 aliphatic rings. The van der Waals surface area contributed by atoms with E-state index in [0.29, 0.717) is 5.15 Å². The van der Waals surface area contributed by atoms with Gasteiger partial charge in [0.15, 0.2) is 0 Å². The summed E-state index contributed by atoms with van der Waals surface area (Å²) in [4.78, 5) is 4.29. The topological polar surface area (TPSA) is 30.7 Å². The van der Waals surface area contributed by atoms with Crippen LogP contribution in [0.5, 0.6) is 0 Å². The van der Waals surface area contributed by atoms with Crippen LogP contribution in [0, 0.1) is 6.92 Å². The van der Waals surface area contributed by atoms with Crippen LogP contribution in [0.2, 0.25) is 5.15 Å². The molecule has 160 valence electrons. The third kappa shape index (κ3) is 3.49. The summed E-state index contributed by atoms with van der Waals surface area (Å²) < 4.78 is 2.10. The smallest absolute Gasteiger partial charge is 0.140 e. The maximum Gasteiger partial charge on any atom is 0.140 e. The van der Waals surface area contributed by atoms with Crippen LogP contribution in [-0.2, 0) is 5.54 Å². The van der Waals surface area contributed by atoms with Gasteiger partial charge >= 0.3 is 0 Å². The van der Waals surface area contributed by atoms with Crippen molar-refractivity contribution in [1.82, 2.24) is 14.8 Å². The summed E-state index contributed by atoms with van der Waals surface area (Å²) in [6.45, 7) is 5.98. The highest BCUT2D eigenvalue weighted by Crippen LogP contribution is 2.43. The lowest BCUT2D eigenvalue weighted by molar-refractivity contribution is 0.473. The number of aryl methyl sites for hydroxylation is 1. The maximum absolute atomic E-state index is 6.50. The van der Waals surface area contributed by atoms with Crippen LogP contribution < -0.4 is 0 Å². The number of rotatable bonds is 4. The molecule has 0 amide bonds. The molecule has 0 aliphatic heterocycles. The molecule has 0 unspecified atom stereocenters. The van der Waals surface area contributed by atoms with Crippen molar-refractivity contribution >= 4 is 22.5 Å². The van der Waals surface area contributed by atoms with Gasteiger partial charge < -0.3 is 0 Å². The first-order chi connectivity index (χ1) is 15.7. The highest BCUT2D eigenvalue weighted by molar-refractivity contribution is 6.34. The lowest BCUT2D eigenvalue weighted by Gasteiger charge is -2.37. The normalized spacial score (nSPS) is 11.1. The molecule has 5 aromatic rings. The Morgan fingerprint density at radius 2 is 1.12 bits per heavy atom. The second kappa shape index (κ2) is 9.37. The number of hydrogen-bond donors (Lipinski definition) is 0. The van der Waals surface area contributed by atoms with E-state index in [4.69, 9.17) is 16.7 Å². The average molecular weight is 440 g/mol. The molecule has 0 saturated heterocycles. The lowest BCUT2D eigenvalue weighted by atomic mass is 9.77. The van der Waals surface area contributed by atoms with Crippen molar-refractivity contribution < 1.29 is 0 Å². The zero-order valence-electron chi connectivity index (χ0n) is 18.5. The average Bonchev–Trinajstić information content (AvgIpc) is 3.21. The molecule has 0 spiro atoms. The van der Waals surface area contributed by atoms with Gasteiger partial charge in [0.1, 0.15) is 10.7 Å². The fraction of sp³-hybridized carbons (Fsp3) is 0.143. The SMILES string of the molecule is CC.Cc1nn(C(c2ccccc2)(c2ccccc2)c2ccccc2)c2ccnc(Cl)c12. The van der Waals surface area contributed by atoms with Crippen LogP contribution in [0.25, 0.3) is 10.9 Å². The molecular weight excluding hydrogens is 414 g/mol. The first-order valence-corrected chi connectivity index (χ1v) is 11.3. The Labute approximate surface area is 194 Å². The van der Waals surface area contributed by atoms with Gasteiger partial charge in [-0.05, 0) is 29.7 Å². The minimum Gasteiger partial charge on any atom is -0.245 e. The third-order valence-corrected chi connectivity index (χ3v) is 5.90. The monoisotopic (exact) mass is 439 g/mol. The standard InChI is InChI=1S/C26H20ClN3.C2H6/c1-19-24-23(17-18-28-25(24)27)30(29-19)26(20-11-5-2-6-12-20,21-13-7-3-8-14-21)22-15-9-4-10-16-22;1-2/h2-18H,1H3;1-2H3. The maximum atomic E-state index is 6.50. The third-order valence-electron chi connectivity index (χ3n) is 5.62. The van der Waals surface area contributed by atoms with E-state index in [2.05, 4.69) is 82.5 Å². The molecule has 0 fully saturated rings. The van der Waals surface area contributed by atoms with E-state index in [1.807, 2.05) is 45.0 Å². The Hall–Kier alpha value is -3.43. The van der Waals surface area contributed by atoms with Gasteiger partial charge in [-0.2, -0.15) is 5.10 Å². The van der Waals surface area contributed by atoms with Gasteiger partial charge in [0, 0.05) is 6.20 Å². The molecule has 3 aromatic carbocycles. The first-order valence-electron chi connectivity index (χ1n) is 10.9. The zero-order valence-corrected chi connectivity index (χ0v) is 19.3. The van der Waals surface area contributed by atoms with Crippen molar-refractivity contribution in [3.05, 3.63) is 131 Å². The Morgan fingerprint density at radius 1 is 0.688 bits per heavy atom. The minimum atomic E-state index is -0.666. The quantitative estimate of drug-likeness (QED) is 0.218. The van der Waals surface area contributed by atoms with Crippen LogP contribution in [-0.4, -0.2) is 14.8 Å². The highest BCUT2D eigenvalue weighted by Gasteiger charge is 2.40. The van der Waals surface area contributed by atoms with E-state index < -0.39 is 5.54 Å². The van der Waals surface area contributed by atoms with E-state index in [-0.39, 0.29) is 0 Å². The Kier molecular flexibility index (Phi) is 6.38. The summed E-state index contributed by atoms with van der Waals surface area (Å²) in [6.07, 6.45) is 1.74. The van der Waals surface area contributed by atoms with Crippen molar-refractivity contribution in [2.24, 2.45) is 0 Å². The zero-order chi connectivity index (χ0) is 22.6. The number of halogens is 1. The molecule has 0 atom stereocenters. The van der Waals surface area contributed by atoms with Gasteiger partial charge in [-0.15, -0.1) is 0 Å². The van der Waals surface area contributed by atoms with Gasteiger partial charge in [-0.25, -0.2) is 9.67 Å². The van der Waals surface area contributed by atoms with Gasteiger partial charge in [0.05, 0.1) is 16.6 Å². The molecule has 3 nitrogen and oxygen atoms in total. The van der Waals surface area contributed by atoms with E-state index >= 15 is 0 Å². The Bertz CT molecular complexity index is 1200. The molecule has 0 bridgehead atoms. The molecule has 5 rings (SSSR count). The van der Waals surface area contributed by atoms with Crippen LogP contribution in [0.1, 0.15) is 36.2 Å². The molecule has 2 aromatic heterocycles. The van der Waals surface area contributed by atoms with Crippen LogP contribution in [0.4, 0.5) is 0 Å². The number of pyridine rings is 1. The first kappa shape index (κ1) is 21.8. The van der Waals surface area contributed by atoms with Gasteiger partial charge in [0.2, 0.25) is 0 Å². The van der Waals surface area contributed by atoms with Gasteiger partial charge in [-0.3, -0.25) is 0 Å².